The van der Waals surface area contributed by atoms with Crippen LogP contribution in [0.25, 0.3) is 0 Å². The number of carboxylic acid groups (broad SMARTS) is 1. The first-order valence-corrected chi connectivity index (χ1v) is 10.1. The van der Waals surface area contributed by atoms with Gasteiger partial charge in [-0.1, -0.05) is 23.7 Å². The van der Waals surface area contributed by atoms with Crippen molar-refractivity contribution in [2.45, 2.75) is 44.2 Å². The summed E-state index contributed by atoms with van der Waals surface area (Å²) in [6.07, 6.45) is 3.85. The molecule has 1 saturated carbocycles. The number of benzene rings is 2. The summed E-state index contributed by atoms with van der Waals surface area (Å²) < 4.78 is 20.4. The van der Waals surface area contributed by atoms with Crippen molar-refractivity contribution in [3.63, 3.8) is 0 Å². The van der Waals surface area contributed by atoms with Gasteiger partial charge in [-0.2, -0.15) is 0 Å². The molecule has 4 nitrogen and oxygen atoms in total. The van der Waals surface area contributed by atoms with Crippen molar-refractivity contribution in [3.8, 4) is 5.75 Å². The number of carboxylic acids is 1. The normalized spacial score (nSPS) is 20.1. The molecule has 4 rings (SSSR count). The molecule has 0 aromatic heterocycles. The Labute approximate surface area is 168 Å². The topological polar surface area (TPSA) is 49.8 Å². The van der Waals surface area contributed by atoms with Gasteiger partial charge < -0.3 is 9.84 Å². The van der Waals surface area contributed by atoms with Gasteiger partial charge in [0.05, 0.1) is 5.56 Å². The van der Waals surface area contributed by atoms with Gasteiger partial charge in [-0.3, -0.25) is 4.90 Å². The van der Waals surface area contributed by atoms with Crippen LogP contribution >= 0.6 is 11.6 Å². The van der Waals surface area contributed by atoms with Crippen LogP contribution in [0.4, 0.5) is 4.39 Å². The summed E-state index contributed by atoms with van der Waals surface area (Å²) in [4.78, 5) is 13.6. The third-order valence-electron chi connectivity index (χ3n) is 5.40. The molecule has 2 aromatic carbocycles. The average Bonchev–Trinajstić information content (AvgIpc) is 3.47. The van der Waals surface area contributed by atoms with Gasteiger partial charge >= 0.3 is 5.97 Å². The first-order valence-electron chi connectivity index (χ1n) is 9.70. The van der Waals surface area contributed by atoms with Crippen LogP contribution < -0.4 is 4.74 Å². The Balaban J connectivity index is 1.48. The van der Waals surface area contributed by atoms with E-state index < -0.39 is 11.8 Å². The molecule has 2 aliphatic rings. The molecule has 0 amide bonds. The maximum absolute atomic E-state index is 14.2. The van der Waals surface area contributed by atoms with E-state index in [2.05, 4.69) is 11.0 Å². The number of ether oxygens (including phenoxy) is 1. The van der Waals surface area contributed by atoms with Crippen molar-refractivity contribution >= 4 is 17.6 Å². The van der Waals surface area contributed by atoms with Crippen LogP contribution in [0.15, 0.2) is 36.4 Å². The first-order chi connectivity index (χ1) is 13.5. The number of rotatable bonds is 6. The van der Waals surface area contributed by atoms with Crippen molar-refractivity contribution in [2.24, 2.45) is 0 Å². The standard InChI is InChI=1S/C22H23ClFNO3/c23-16-4-1-3-14(9-16)12-25-8-2-5-17(13-25)28-21-11-20(24)19(22(26)27)10-18(21)15-6-7-15/h1,3-4,9-11,15,17H,2,5-8,12-13H2,(H,26,27). The molecule has 1 atom stereocenters. The summed E-state index contributed by atoms with van der Waals surface area (Å²) in [5, 5.41) is 9.93. The average molecular weight is 404 g/mol. The Kier molecular flexibility index (Phi) is 5.56. The van der Waals surface area contributed by atoms with Crippen molar-refractivity contribution < 1.29 is 19.0 Å². The minimum Gasteiger partial charge on any atom is -0.489 e. The SMILES string of the molecule is O=C(O)c1cc(C2CC2)c(OC2CCCN(Cc3cccc(Cl)c3)C2)cc1F. The summed E-state index contributed by atoms with van der Waals surface area (Å²) in [6, 6.07) is 10.6. The quantitative estimate of drug-likeness (QED) is 0.729. The lowest BCUT2D eigenvalue weighted by Crippen LogP contribution is -2.40. The summed E-state index contributed by atoms with van der Waals surface area (Å²) in [5.74, 6) is -1.20. The van der Waals surface area contributed by atoms with Crippen LogP contribution in [0.5, 0.6) is 5.75 Å². The minimum absolute atomic E-state index is 0.0412. The zero-order valence-corrected chi connectivity index (χ0v) is 16.3. The fraction of sp³-hybridized carbons (Fsp3) is 0.409. The van der Waals surface area contributed by atoms with E-state index in [0.717, 1.165) is 61.5 Å². The molecular weight excluding hydrogens is 381 g/mol. The predicted molar refractivity (Wildman–Crippen MR) is 106 cm³/mol. The van der Waals surface area contributed by atoms with Crippen LogP contribution in [-0.2, 0) is 6.54 Å². The molecular formula is C22H23ClFNO3. The molecule has 1 heterocycles. The summed E-state index contributed by atoms with van der Waals surface area (Å²) in [5.41, 5.74) is 1.70. The van der Waals surface area contributed by atoms with E-state index in [1.807, 2.05) is 18.2 Å². The van der Waals surface area contributed by atoms with Gasteiger partial charge in [0.15, 0.2) is 0 Å². The predicted octanol–water partition coefficient (Wildman–Crippen LogP) is 5.10. The van der Waals surface area contributed by atoms with Gasteiger partial charge in [0.1, 0.15) is 17.7 Å². The second-order valence-corrected chi connectivity index (χ2v) is 8.13. The van der Waals surface area contributed by atoms with Gasteiger partial charge in [-0.05, 0) is 67.5 Å². The number of carbonyl (C=O) groups is 1. The summed E-state index contributed by atoms with van der Waals surface area (Å²) >= 11 is 6.08. The number of piperidine rings is 1. The molecule has 148 valence electrons. The Hall–Kier alpha value is -2.11. The van der Waals surface area contributed by atoms with Crippen molar-refractivity contribution in [3.05, 3.63) is 63.9 Å². The minimum atomic E-state index is -1.24. The molecule has 0 spiro atoms. The number of nitrogens with zero attached hydrogens (tertiary/aromatic N) is 1. The smallest absolute Gasteiger partial charge is 0.338 e. The molecule has 1 saturated heterocycles. The second kappa shape index (κ2) is 8.10. The summed E-state index contributed by atoms with van der Waals surface area (Å²) in [7, 11) is 0. The molecule has 28 heavy (non-hydrogen) atoms. The highest BCUT2D eigenvalue weighted by atomic mass is 35.5. The molecule has 2 fully saturated rings. The van der Waals surface area contributed by atoms with E-state index >= 15 is 0 Å². The Morgan fingerprint density at radius 1 is 1.25 bits per heavy atom. The second-order valence-electron chi connectivity index (χ2n) is 7.70. The number of hydrogen-bond donors (Lipinski definition) is 1. The maximum atomic E-state index is 14.2. The van der Waals surface area contributed by atoms with Crippen LogP contribution in [0.2, 0.25) is 5.02 Å². The molecule has 0 bridgehead atoms. The highest BCUT2D eigenvalue weighted by molar-refractivity contribution is 6.30. The van der Waals surface area contributed by atoms with Gasteiger partial charge in [0.2, 0.25) is 0 Å². The van der Waals surface area contributed by atoms with Crippen molar-refractivity contribution in [1.82, 2.24) is 4.90 Å². The van der Waals surface area contributed by atoms with E-state index in [0.29, 0.717) is 5.75 Å². The molecule has 1 unspecified atom stereocenters. The number of aromatic carboxylic acids is 1. The Bertz CT molecular complexity index is 884. The Morgan fingerprint density at radius 2 is 2.07 bits per heavy atom. The van der Waals surface area contributed by atoms with Gasteiger partial charge in [0, 0.05) is 24.2 Å². The third kappa shape index (κ3) is 4.47. The number of likely N-dealkylation sites (tertiary alicyclic amines) is 1. The molecule has 6 heteroatoms. The summed E-state index contributed by atoms with van der Waals surface area (Å²) in [6.45, 7) is 2.52. The van der Waals surface area contributed by atoms with Gasteiger partial charge in [-0.25, -0.2) is 9.18 Å². The Morgan fingerprint density at radius 3 is 2.79 bits per heavy atom. The van der Waals surface area contributed by atoms with E-state index in [1.54, 1.807) is 0 Å². The fourth-order valence-electron chi connectivity index (χ4n) is 3.88. The molecule has 1 aliphatic carbocycles. The van der Waals surface area contributed by atoms with Crippen LogP contribution in [-0.4, -0.2) is 35.2 Å². The highest BCUT2D eigenvalue weighted by Crippen LogP contribution is 2.45. The van der Waals surface area contributed by atoms with E-state index in [4.69, 9.17) is 16.3 Å². The largest absolute Gasteiger partial charge is 0.489 e. The fourth-order valence-corrected chi connectivity index (χ4v) is 4.09. The van der Waals surface area contributed by atoms with E-state index in [1.165, 1.54) is 12.1 Å². The molecule has 2 aromatic rings. The lowest BCUT2D eigenvalue weighted by atomic mass is 10.0. The van der Waals surface area contributed by atoms with Gasteiger partial charge in [0.25, 0.3) is 0 Å². The molecule has 1 aliphatic heterocycles. The highest BCUT2D eigenvalue weighted by Gasteiger charge is 2.31. The zero-order valence-electron chi connectivity index (χ0n) is 15.5. The number of hydrogen-bond acceptors (Lipinski definition) is 3. The lowest BCUT2D eigenvalue weighted by molar-refractivity contribution is 0.0691. The molecule has 0 radical (unpaired) electrons. The van der Waals surface area contributed by atoms with E-state index in [-0.39, 0.29) is 17.6 Å². The zero-order chi connectivity index (χ0) is 19.7. The monoisotopic (exact) mass is 403 g/mol. The van der Waals surface area contributed by atoms with E-state index in [9.17, 15) is 14.3 Å². The van der Waals surface area contributed by atoms with Crippen molar-refractivity contribution in [1.29, 1.82) is 0 Å². The first kappa shape index (κ1) is 19.2. The number of halogens is 2. The van der Waals surface area contributed by atoms with Crippen molar-refractivity contribution in [2.75, 3.05) is 13.1 Å². The van der Waals surface area contributed by atoms with Crippen LogP contribution in [0.1, 0.15) is 53.1 Å². The third-order valence-corrected chi connectivity index (χ3v) is 5.63. The lowest BCUT2D eigenvalue weighted by Gasteiger charge is -2.33. The van der Waals surface area contributed by atoms with Crippen LogP contribution in [0.3, 0.4) is 0 Å². The van der Waals surface area contributed by atoms with Crippen LogP contribution in [0, 0.1) is 5.82 Å². The maximum Gasteiger partial charge on any atom is 0.338 e. The van der Waals surface area contributed by atoms with Gasteiger partial charge in [-0.15, -0.1) is 0 Å². The molecule has 1 N–H and O–H groups in total.